The molecule has 3 N–H and O–H groups in total. The highest BCUT2D eigenvalue weighted by Crippen LogP contribution is 2.33. The van der Waals surface area contributed by atoms with Crippen molar-refractivity contribution >= 4 is 28.4 Å². The molecule has 1 aromatic carbocycles. The number of anilines is 2. The first-order valence-corrected chi connectivity index (χ1v) is 11.3. The molecule has 0 bridgehead atoms. The molecule has 3 heterocycles. The maximum Gasteiger partial charge on any atom is 0.263 e. The normalized spacial score (nSPS) is 21.7. The largest absolute Gasteiger partial charge is 0.480 e. The Morgan fingerprint density at radius 2 is 2.14 bits per heavy atom. The number of rotatable bonds is 6. The molecule has 12 heteroatoms. The van der Waals surface area contributed by atoms with Crippen molar-refractivity contribution < 1.29 is 23.8 Å². The number of nitrogens with one attached hydrogen (secondary N) is 2. The van der Waals surface area contributed by atoms with Gasteiger partial charge in [0, 0.05) is 19.6 Å². The summed E-state index contributed by atoms with van der Waals surface area (Å²) in [4.78, 5) is 30.5. The molecule has 1 fully saturated rings. The van der Waals surface area contributed by atoms with E-state index in [0.717, 1.165) is 6.42 Å². The summed E-state index contributed by atoms with van der Waals surface area (Å²) in [6.07, 6.45) is 4.28. The van der Waals surface area contributed by atoms with Gasteiger partial charge in [-0.2, -0.15) is 0 Å². The van der Waals surface area contributed by atoms with E-state index < -0.39 is 11.9 Å². The molecule has 35 heavy (non-hydrogen) atoms. The minimum absolute atomic E-state index is 0.0376. The van der Waals surface area contributed by atoms with Crippen LogP contribution in [0.15, 0.2) is 24.5 Å². The van der Waals surface area contributed by atoms with Gasteiger partial charge in [-0.15, -0.1) is 0 Å². The molecular formula is C23H26FN7O4. The van der Waals surface area contributed by atoms with Crippen molar-refractivity contribution in [2.75, 3.05) is 31.0 Å². The summed E-state index contributed by atoms with van der Waals surface area (Å²) >= 11 is 0. The van der Waals surface area contributed by atoms with E-state index in [-0.39, 0.29) is 30.3 Å². The predicted molar refractivity (Wildman–Crippen MR) is 125 cm³/mol. The second-order valence-electron chi connectivity index (χ2n) is 8.66. The second-order valence-corrected chi connectivity index (χ2v) is 8.66. The van der Waals surface area contributed by atoms with Gasteiger partial charge in [0.2, 0.25) is 5.88 Å². The van der Waals surface area contributed by atoms with Crippen molar-refractivity contribution in [3.8, 4) is 11.8 Å². The first-order valence-electron chi connectivity index (χ1n) is 11.3. The molecule has 2 aliphatic rings. The van der Waals surface area contributed by atoms with Crippen LogP contribution in [0.2, 0.25) is 0 Å². The number of methoxy groups -OCH3 is 1. The van der Waals surface area contributed by atoms with Crippen LogP contribution in [0.1, 0.15) is 25.0 Å². The van der Waals surface area contributed by atoms with Gasteiger partial charge in [-0.05, 0) is 31.4 Å². The Kier molecular flexibility index (Phi) is 6.31. The fraction of sp³-hybridized carbons (Fsp3) is 0.435. The summed E-state index contributed by atoms with van der Waals surface area (Å²) in [5, 5.41) is 17.0. The summed E-state index contributed by atoms with van der Waals surface area (Å²) in [7, 11) is 3.25. The Bertz CT molecular complexity index is 1260. The number of hydrogen-bond acceptors (Lipinski definition) is 10. The third-order valence-corrected chi connectivity index (χ3v) is 6.42. The Morgan fingerprint density at radius 1 is 1.29 bits per heavy atom. The van der Waals surface area contributed by atoms with Crippen LogP contribution in [-0.4, -0.2) is 69.9 Å². The van der Waals surface area contributed by atoms with Gasteiger partial charge in [0.15, 0.2) is 12.4 Å². The number of carbonyl (C=O) groups is 1. The summed E-state index contributed by atoms with van der Waals surface area (Å²) in [6.45, 7) is 0.346. The number of amides is 1. The monoisotopic (exact) mass is 483 g/mol. The summed E-state index contributed by atoms with van der Waals surface area (Å²) in [5.74, 6) is 0.201. The number of aliphatic hydroxyl groups is 1. The molecule has 1 aliphatic carbocycles. The first-order chi connectivity index (χ1) is 16.9. The number of nitrogens with zero attached hydrogens (tertiary/aromatic N) is 5. The van der Waals surface area contributed by atoms with Crippen molar-refractivity contribution in [3.05, 3.63) is 36.0 Å². The minimum Gasteiger partial charge on any atom is -0.480 e. The smallest absolute Gasteiger partial charge is 0.263 e. The van der Waals surface area contributed by atoms with Gasteiger partial charge >= 0.3 is 0 Å². The zero-order valence-electron chi connectivity index (χ0n) is 19.4. The lowest BCUT2D eigenvalue weighted by molar-refractivity contribution is -0.118. The number of ether oxygens (including phenoxy) is 2. The van der Waals surface area contributed by atoms with E-state index in [9.17, 15) is 14.3 Å². The number of hydrogen-bond donors (Lipinski definition) is 3. The number of fused-ring (bicyclic) bond motifs is 2. The van der Waals surface area contributed by atoms with Gasteiger partial charge in [0.1, 0.15) is 17.0 Å². The lowest BCUT2D eigenvalue weighted by atomic mass is 9.87. The number of halogens is 1. The quantitative estimate of drug-likeness (QED) is 0.472. The number of likely N-dealkylation sites (N-methyl/N-ethyl adjacent to an activating group) is 1. The maximum atomic E-state index is 14.9. The summed E-state index contributed by atoms with van der Waals surface area (Å²) in [5.41, 5.74) is 1.87. The molecule has 0 radical (unpaired) electrons. The molecule has 0 saturated heterocycles. The zero-order valence-corrected chi connectivity index (χ0v) is 19.4. The average molecular weight is 484 g/mol. The molecule has 184 valence electrons. The second kappa shape index (κ2) is 9.55. The lowest BCUT2D eigenvalue weighted by Gasteiger charge is -2.40. The van der Waals surface area contributed by atoms with Crippen LogP contribution in [0.3, 0.4) is 0 Å². The van der Waals surface area contributed by atoms with E-state index in [1.54, 1.807) is 24.2 Å². The standard InChI is InChI=1S/C23H26FN7O4/c1-31(21-14(24)4-5-15-20(21)30-19(34-2)10-26-15)16-6-3-12(7-17(16)32)25-8-13-9-27-23-22(28-13)29-18(33)11-35-23/h4-5,9-10,12,16-17,25,32H,3,6-8,11H2,1-2H3,(H,28,29,33)/t12-,16-,17+/m0/s1. The van der Waals surface area contributed by atoms with Crippen molar-refractivity contribution in [2.24, 2.45) is 0 Å². The maximum absolute atomic E-state index is 14.9. The highest BCUT2D eigenvalue weighted by atomic mass is 19.1. The summed E-state index contributed by atoms with van der Waals surface area (Å²) in [6, 6.07) is 2.68. The minimum atomic E-state index is -0.693. The number of carbonyl (C=O) groups excluding carboxylic acids is 1. The predicted octanol–water partition coefficient (Wildman–Crippen LogP) is 1.41. The molecular weight excluding hydrogens is 457 g/mol. The third kappa shape index (κ3) is 4.66. The number of benzene rings is 1. The fourth-order valence-electron chi connectivity index (χ4n) is 4.63. The number of aromatic nitrogens is 4. The SMILES string of the molecule is COc1cnc2ccc(F)c(N(C)[C@H]3CC[C@H](NCc4cnc5c(n4)NC(=O)CO5)C[C@H]3O)c2n1. The molecule has 3 atom stereocenters. The molecule has 0 spiro atoms. The van der Waals surface area contributed by atoms with E-state index in [1.807, 2.05) is 0 Å². The van der Waals surface area contributed by atoms with Crippen molar-refractivity contribution in [1.29, 1.82) is 0 Å². The Balaban J connectivity index is 1.25. The van der Waals surface area contributed by atoms with E-state index in [0.29, 0.717) is 53.7 Å². The van der Waals surface area contributed by atoms with Crippen molar-refractivity contribution in [1.82, 2.24) is 25.3 Å². The highest BCUT2D eigenvalue weighted by molar-refractivity contribution is 5.93. The molecule has 3 aromatic rings. The van der Waals surface area contributed by atoms with Crippen molar-refractivity contribution in [2.45, 2.75) is 44.0 Å². The molecule has 1 aliphatic heterocycles. The molecule has 2 aromatic heterocycles. The molecule has 11 nitrogen and oxygen atoms in total. The average Bonchev–Trinajstić information content (AvgIpc) is 2.86. The van der Waals surface area contributed by atoms with Gasteiger partial charge in [-0.3, -0.25) is 4.79 Å². The van der Waals surface area contributed by atoms with E-state index >= 15 is 0 Å². The van der Waals surface area contributed by atoms with E-state index in [1.165, 1.54) is 19.4 Å². The van der Waals surface area contributed by atoms with Crippen molar-refractivity contribution in [3.63, 3.8) is 0 Å². The molecule has 0 unspecified atom stereocenters. The van der Waals surface area contributed by atoms with Crippen LogP contribution in [0.4, 0.5) is 15.9 Å². The molecule has 1 saturated carbocycles. The first kappa shape index (κ1) is 23.1. The Labute approximate surface area is 200 Å². The van der Waals surface area contributed by atoms with Crippen LogP contribution < -0.4 is 25.0 Å². The third-order valence-electron chi connectivity index (χ3n) is 6.42. The lowest BCUT2D eigenvalue weighted by Crippen LogP contribution is -2.49. The van der Waals surface area contributed by atoms with Gasteiger partial charge < -0.3 is 30.1 Å². The van der Waals surface area contributed by atoms with Crippen LogP contribution in [-0.2, 0) is 11.3 Å². The zero-order chi connectivity index (χ0) is 24.5. The van der Waals surface area contributed by atoms with E-state index in [2.05, 4.69) is 30.6 Å². The highest BCUT2D eigenvalue weighted by Gasteiger charge is 2.33. The number of aliphatic hydroxyl groups excluding tert-OH is 1. The van der Waals surface area contributed by atoms with Crippen LogP contribution in [0.25, 0.3) is 11.0 Å². The topological polar surface area (TPSA) is 135 Å². The van der Waals surface area contributed by atoms with Gasteiger partial charge in [-0.1, -0.05) is 0 Å². The Morgan fingerprint density at radius 3 is 2.94 bits per heavy atom. The van der Waals surface area contributed by atoms with E-state index in [4.69, 9.17) is 9.47 Å². The molecule has 1 amide bonds. The Hall–Kier alpha value is -3.64. The molecule has 5 rings (SSSR count). The van der Waals surface area contributed by atoms with Crippen LogP contribution >= 0.6 is 0 Å². The summed E-state index contributed by atoms with van der Waals surface area (Å²) < 4.78 is 25.3. The van der Waals surface area contributed by atoms with Crippen LogP contribution in [0.5, 0.6) is 11.8 Å². The van der Waals surface area contributed by atoms with Gasteiger partial charge in [0.25, 0.3) is 11.8 Å². The fourth-order valence-corrected chi connectivity index (χ4v) is 4.63. The van der Waals surface area contributed by atoms with Gasteiger partial charge in [-0.25, -0.2) is 24.3 Å². The van der Waals surface area contributed by atoms with Crippen LogP contribution in [0, 0.1) is 5.82 Å². The van der Waals surface area contributed by atoms with Gasteiger partial charge in [0.05, 0.1) is 42.9 Å².